The molecule has 0 aliphatic heterocycles. The number of rotatable bonds is 6. The Labute approximate surface area is 173 Å². The summed E-state index contributed by atoms with van der Waals surface area (Å²) in [6, 6.07) is 5.16. The number of benzene rings is 2. The summed E-state index contributed by atoms with van der Waals surface area (Å²) < 4.78 is 47.9. The number of hydrogen-bond donors (Lipinski definition) is 1. The van der Waals surface area contributed by atoms with Crippen LogP contribution in [0.15, 0.2) is 44.7 Å². The normalized spacial score (nSPS) is 10.7. The summed E-state index contributed by atoms with van der Waals surface area (Å²) >= 11 is 0. The van der Waals surface area contributed by atoms with E-state index in [0.717, 1.165) is 12.1 Å². The van der Waals surface area contributed by atoms with Crippen molar-refractivity contribution in [2.45, 2.75) is 13.3 Å². The van der Waals surface area contributed by atoms with Crippen molar-refractivity contribution in [1.82, 2.24) is 0 Å². The first-order valence-electron chi connectivity index (χ1n) is 9.04. The van der Waals surface area contributed by atoms with Crippen LogP contribution in [-0.2, 0) is 4.79 Å². The van der Waals surface area contributed by atoms with Gasteiger partial charge < -0.3 is 15.1 Å². The Kier molecular flexibility index (Phi) is 6.17. The molecule has 0 fully saturated rings. The van der Waals surface area contributed by atoms with Gasteiger partial charge in [-0.05, 0) is 30.2 Å². The molecule has 1 amide bonds. The lowest BCUT2D eigenvalue weighted by molar-refractivity contribution is -0.116. The van der Waals surface area contributed by atoms with Crippen molar-refractivity contribution >= 4 is 28.3 Å². The second kappa shape index (κ2) is 8.80. The Bertz CT molecular complexity index is 1290. The molecule has 2 N–H and O–H groups in total. The predicted molar refractivity (Wildman–Crippen MR) is 109 cm³/mol. The van der Waals surface area contributed by atoms with Gasteiger partial charge in [0.25, 0.3) is 0 Å². The quantitative estimate of drug-likeness (QED) is 0.203. The standard InChI is InChI=1S/C20H16F3N5O3/c1-10(29)28(6-2-5-26-27-25)15-4-3-11(7-12(15)21)17-9-16(30)18-19(24)13(22)8-14(23)20(18)31-17/h3-4,7-9H,2,5-6,24H2,1H3. The molecule has 0 unspecified atom stereocenters. The third kappa shape index (κ3) is 4.31. The van der Waals surface area contributed by atoms with Gasteiger partial charge >= 0.3 is 0 Å². The van der Waals surface area contributed by atoms with Crippen molar-refractivity contribution in [1.29, 1.82) is 0 Å². The largest absolute Gasteiger partial charge is 0.453 e. The van der Waals surface area contributed by atoms with Crippen LogP contribution in [0.25, 0.3) is 32.7 Å². The van der Waals surface area contributed by atoms with Gasteiger partial charge in [-0.1, -0.05) is 5.11 Å². The van der Waals surface area contributed by atoms with Gasteiger partial charge in [-0.15, -0.1) is 0 Å². The molecule has 2 aromatic carbocycles. The number of hydrogen-bond acceptors (Lipinski definition) is 5. The molecular formula is C20H16F3N5O3. The number of nitrogens with two attached hydrogens (primary N) is 1. The molecule has 0 saturated carbocycles. The number of carbonyl (C=O) groups is 1. The molecule has 8 nitrogen and oxygen atoms in total. The molecule has 0 atom stereocenters. The molecule has 11 heteroatoms. The average molecular weight is 431 g/mol. The summed E-state index contributed by atoms with van der Waals surface area (Å²) in [5.41, 5.74) is 12.0. The van der Waals surface area contributed by atoms with Crippen molar-refractivity contribution in [2.75, 3.05) is 23.7 Å². The lowest BCUT2D eigenvalue weighted by Gasteiger charge is -2.21. The monoisotopic (exact) mass is 431 g/mol. The number of azide groups is 1. The number of halogens is 3. The molecule has 0 aliphatic carbocycles. The highest BCUT2D eigenvalue weighted by molar-refractivity contribution is 5.92. The Morgan fingerprint density at radius 3 is 2.58 bits per heavy atom. The minimum Gasteiger partial charge on any atom is -0.453 e. The lowest BCUT2D eigenvalue weighted by atomic mass is 10.1. The summed E-state index contributed by atoms with van der Waals surface area (Å²) in [6.07, 6.45) is 0.321. The van der Waals surface area contributed by atoms with E-state index in [0.29, 0.717) is 12.5 Å². The maximum absolute atomic E-state index is 14.8. The van der Waals surface area contributed by atoms with E-state index in [1.54, 1.807) is 0 Å². The maximum atomic E-state index is 14.8. The number of nitrogens with zero attached hydrogens (tertiary/aromatic N) is 4. The number of nitrogen functional groups attached to an aromatic ring is 1. The smallest absolute Gasteiger partial charge is 0.223 e. The van der Waals surface area contributed by atoms with Gasteiger partial charge in [-0.2, -0.15) is 0 Å². The minimum atomic E-state index is -1.12. The van der Waals surface area contributed by atoms with E-state index in [1.165, 1.54) is 24.0 Å². The Morgan fingerprint density at radius 1 is 1.19 bits per heavy atom. The molecule has 0 aliphatic rings. The highest BCUT2D eigenvalue weighted by atomic mass is 19.1. The fraction of sp³-hybridized carbons (Fsp3) is 0.200. The summed E-state index contributed by atoms with van der Waals surface area (Å²) in [6.45, 7) is 1.51. The van der Waals surface area contributed by atoms with Crippen LogP contribution in [0.4, 0.5) is 24.5 Å². The van der Waals surface area contributed by atoms with Crippen molar-refractivity contribution in [3.8, 4) is 11.3 Å². The molecule has 3 aromatic rings. The van der Waals surface area contributed by atoms with Gasteiger partial charge in [0.05, 0.1) is 16.8 Å². The third-order valence-corrected chi connectivity index (χ3v) is 4.55. The van der Waals surface area contributed by atoms with Crippen LogP contribution in [-0.4, -0.2) is 19.0 Å². The lowest BCUT2D eigenvalue weighted by Crippen LogP contribution is -2.30. The zero-order chi connectivity index (χ0) is 22.7. The molecule has 1 heterocycles. The molecule has 0 spiro atoms. The summed E-state index contributed by atoms with van der Waals surface area (Å²) in [5, 5.41) is 2.93. The molecule has 3 rings (SSSR count). The fourth-order valence-electron chi connectivity index (χ4n) is 3.10. The van der Waals surface area contributed by atoms with Gasteiger partial charge in [0.15, 0.2) is 16.8 Å². The number of fused-ring (bicyclic) bond motifs is 1. The van der Waals surface area contributed by atoms with Crippen molar-refractivity contribution in [3.05, 3.63) is 68.4 Å². The number of carbonyl (C=O) groups excluding carboxylic acids is 1. The van der Waals surface area contributed by atoms with Gasteiger partial charge in [-0.3, -0.25) is 9.59 Å². The first kappa shape index (κ1) is 21.7. The average Bonchev–Trinajstić information content (AvgIpc) is 2.72. The molecule has 0 radical (unpaired) electrons. The Hall–Kier alpha value is -3.98. The van der Waals surface area contributed by atoms with E-state index >= 15 is 0 Å². The summed E-state index contributed by atoms with van der Waals surface area (Å²) in [5.74, 6) is -3.60. The first-order chi connectivity index (χ1) is 14.7. The highest BCUT2D eigenvalue weighted by Crippen LogP contribution is 2.31. The van der Waals surface area contributed by atoms with Gasteiger partial charge in [-0.25, -0.2) is 13.2 Å². The number of amides is 1. The fourth-order valence-corrected chi connectivity index (χ4v) is 3.10. The highest BCUT2D eigenvalue weighted by Gasteiger charge is 2.19. The SMILES string of the molecule is CC(=O)N(CCCN=[N+]=[N-])c1ccc(-c2cc(=O)c3c(N)c(F)cc(F)c3o2)cc1F. The second-order valence-electron chi connectivity index (χ2n) is 6.58. The third-order valence-electron chi connectivity index (χ3n) is 4.55. The topological polar surface area (TPSA) is 125 Å². The van der Waals surface area contributed by atoms with E-state index < -0.39 is 45.4 Å². The molecule has 0 saturated heterocycles. The van der Waals surface area contributed by atoms with E-state index in [2.05, 4.69) is 10.0 Å². The van der Waals surface area contributed by atoms with Crippen molar-refractivity contribution in [3.63, 3.8) is 0 Å². The zero-order valence-electron chi connectivity index (χ0n) is 16.2. The van der Waals surface area contributed by atoms with Crippen LogP contribution in [0, 0.1) is 17.5 Å². The summed E-state index contributed by atoms with van der Waals surface area (Å²) in [7, 11) is 0. The zero-order valence-corrected chi connectivity index (χ0v) is 16.2. The summed E-state index contributed by atoms with van der Waals surface area (Å²) in [4.78, 5) is 28.1. The first-order valence-corrected chi connectivity index (χ1v) is 9.04. The predicted octanol–water partition coefficient (Wildman–Crippen LogP) is 4.51. The van der Waals surface area contributed by atoms with Crippen LogP contribution < -0.4 is 16.1 Å². The van der Waals surface area contributed by atoms with Crippen molar-refractivity contribution in [2.24, 2.45) is 5.11 Å². The Balaban J connectivity index is 2.02. The van der Waals surface area contributed by atoms with Gasteiger partial charge in [0.1, 0.15) is 17.4 Å². The van der Waals surface area contributed by atoms with Crippen LogP contribution >= 0.6 is 0 Å². The van der Waals surface area contributed by atoms with Crippen LogP contribution in [0.1, 0.15) is 13.3 Å². The van der Waals surface area contributed by atoms with Gasteiger partial charge in [0, 0.05) is 42.6 Å². The molecule has 1 aromatic heterocycles. The van der Waals surface area contributed by atoms with Crippen LogP contribution in [0.5, 0.6) is 0 Å². The molecule has 0 bridgehead atoms. The Morgan fingerprint density at radius 2 is 1.94 bits per heavy atom. The van der Waals surface area contributed by atoms with Crippen molar-refractivity contribution < 1.29 is 22.4 Å². The second-order valence-corrected chi connectivity index (χ2v) is 6.58. The number of anilines is 2. The van der Waals surface area contributed by atoms with E-state index in [4.69, 9.17) is 15.7 Å². The van der Waals surface area contributed by atoms with Crippen LogP contribution in [0.2, 0.25) is 0 Å². The van der Waals surface area contributed by atoms with E-state index in [1.807, 2.05) is 0 Å². The molecule has 31 heavy (non-hydrogen) atoms. The molecular weight excluding hydrogens is 415 g/mol. The van der Waals surface area contributed by atoms with Gasteiger partial charge in [0.2, 0.25) is 5.91 Å². The molecule has 160 valence electrons. The van der Waals surface area contributed by atoms with E-state index in [9.17, 15) is 22.8 Å². The van der Waals surface area contributed by atoms with E-state index in [-0.39, 0.29) is 30.1 Å². The minimum absolute atomic E-state index is 0.0298. The maximum Gasteiger partial charge on any atom is 0.223 e. The van der Waals surface area contributed by atoms with Crippen LogP contribution in [0.3, 0.4) is 0 Å².